The molecular formula is C9H6N2O3. The number of hydrogen-bond acceptors (Lipinski definition) is 4. The van der Waals surface area contributed by atoms with Gasteiger partial charge in [-0.05, 0) is 12.1 Å². The quantitative estimate of drug-likeness (QED) is 0.775. The number of aromatic nitrogens is 2. The number of rotatable bonds is 2. The van der Waals surface area contributed by atoms with Crippen molar-refractivity contribution in [2.24, 2.45) is 0 Å². The first-order valence-electron chi connectivity index (χ1n) is 3.87. The number of carboxylic acids is 1. The summed E-state index contributed by atoms with van der Waals surface area (Å²) >= 11 is 0. The van der Waals surface area contributed by atoms with Crippen LogP contribution in [0.2, 0.25) is 0 Å². The first kappa shape index (κ1) is 8.43. The number of oxazole rings is 1. The SMILES string of the molecule is O=C(O)c1ncoc1-c1ccccn1. The number of carbonyl (C=O) groups is 1. The molecule has 2 aromatic heterocycles. The molecule has 2 rings (SSSR count). The van der Waals surface area contributed by atoms with E-state index >= 15 is 0 Å². The van der Waals surface area contributed by atoms with Crippen LogP contribution in [0.4, 0.5) is 0 Å². The fourth-order valence-electron chi connectivity index (χ4n) is 1.08. The zero-order valence-corrected chi connectivity index (χ0v) is 7.04. The lowest BCUT2D eigenvalue weighted by molar-refractivity contribution is 0.0691. The van der Waals surface area contributed by atoms with E-state index in [0.717, 1.165) is 6.39 Å². The summed E-state index contributed by atoms with van der Waals surface area (Å²) in [5.74, 6) is -0.947. The third-order valence-corrected chi connectivity index (χ3v) is 1.67. The summed E-state index contributed by atoms with van der Waals surface area (Å²) < 4.78 is 4.96. The Bertz CT molecular complexity index is 450. The van der Waals surface area contributed by atoms with E-state index in [0.29, 0.717) is 5.69 Å². The van der Waals surface area contributed by atoms with Crippen LogP contribution in [-0.4, -0.2) is 21.0 Å². The Labute approximate surface area is 79.0 Å². The van der Waals surface area contributed by atoms with E-state index in [4.69, 9.17) is 9.52 Å². The van der Waals surface area contributed by atoms with Gasteiger partial charge in [-0.1, -0.05) is 6.07 Å². The molecule has 0 amide bonds. The van der Waals surface area contributed by atoms with E-state index in [1.807, 2.05) is 0 Å². The van der Waals surface area contributed by atoms with Crippen molar-refractivity contribution < 1.29 is 14.3 Å². The first-order chi connectivity index (χ1) is 6.79. The summed E-state index contributed by atoms with van der Waals surface area (Å²) in [5.41, 5.74) is 0.339. The molecule has 5 heteroatoms. The molecule has 2 aromatic rings. The highest BCUT2D eigenvalue weighted by molar-refractivity contribution is 5.91. The molecule has 0 saturated carbocycles. The van der Waals surface area contributed by atoms with Crippen LogP contribution in [0.25, 0.3) is 11.5 Å². The van der Waals surface area contributed by atoms with Crippen LogP contribution in [0.5, 0.6) is 0 Å². The monoisotopic (exact) mass is 190 g/mol. The lowest BCUT2D eigenvalue weighted by Crippen LogP contribution is -1.99. The summed E-state index contributed by atoms with van der Waals surface area (Å²) in [7, 11) is 0. The van der Waals surface area contributed by atoms with Crippen LogP contribution < -0.4 is 0 Å². The molecule has 0 spiro atoms. The minimum Gasteiger partial charge on any atom is -0.476 e. The minimum atomic E-state index is -1.13. The maximum atomic E-state index is 10.7. The minimum absolute atomic E-state index is 0.122. The van der Waals surface area contributed by atoms with Gasteiger partial charge in [0.25, 0.3) is 0 Å². The molecule has 0 fully saturated rings. The van der Waals surface area contributed by atoms with Crippen LogP contribution in [0.1, 0.15) is 10.5 Å². The predicted molar refractivity (Wildman–Crippen MR) is 46.7 cm³/mol. The lowest BCUT2D eigenvalue weighted by atomic mass is 10.2. The zero-order valence-electron chi connectivity index (χ0n) is 7.04. The number of carboxylic acid groups (broad SMARTS) is 1. The second-order valence-electron chi connectivity index (χ2n) is 2.55. The molecular weight excluding hydrogens is 184 g/mol. The van der Waals surface area contributed by atoms with Crippen LogP contribution in [-0.2, 0) is 0 Å². The van der Waals surface area contributed by atoms with Crippen LogP contribution in [0.3, 0.4) is 0 Å². The van der Waals surface area contributed by atoms with Crippen LogP contribution >= 0.6 is 0 Å². The first-order valence-corrected chi connectivity index (χ1v) is 3.87. The van der Waals surface area contributed by atoms with Crippen molar-refractivity contribution in [3.8, 4) is 11.5 Å². The van der Waals surface area contributed by atoms with Crippen molar-refractivity contribution in [1.82, 2.24) is 9.97 Å². The maximum absolute atomic E-state index is 10.7. The molecule has 0 saturated heterocycles. The van der Waals surface area contributed by atoms with Crippen molar-refractivity contribution in [2.45, 2.75) is 0 Å². The summed E-state index contributed by atoms with van der Waals surface area (Å²) in [6.07, 6.45) is 2.65. The fraction of sp³-hybridized carbons (Fsp3) is 0. The van der Waals surface area contributed by atoms with Gasteiger partial charge in [0.05, 0.1) is 0 Å². The van der Waals surface area contributed by atoms with E-state index in [1.165, 1.54) is 0 Å². The molecule has 14 heavy (non-hydrogen) atoms. The standard InChI is InChI=1S/C9H6N2O3/c12-9(13)7-8(14-5-11-7)6-3-1-2-4-10-6/h1-5H,(H,12,13). The third kappa shape index (κ3) is 1.35. The van der Waals surface area contributed by atoms with Crippen molar-refractivity contribution in [2.75, 3.05) is 0 Å². The molecule has 0 aliphatic carbocycles. The number of pyridine rings is 1. The second-order valence-corrected chi connectivity index (χ2v) is 2.55. The average molecular weight is 190 g/mol. The van der Waals surface area contributed by atoms with Gasteiger partial charge in [-0.15, -0.1) is 0 Å². The van der Waals surface area contributed by atoms with E-state index in [1.54, 1.807) is 24.4 Å². The average Bonchev–Trinajstić information content (AvgIpc) is 2.67. The highest BCUT2D eigenvalue weighted by Crippen LogP contribution is 2.19. The Balaban J connectivity index is 2.52. The molecule has 0 radical (unpaired) electrons. The summed E-state index contributed by atoms with van der Waals surface area (Å²) in [6, 6.07) is 5.14. The van der Waals surface area contributed by atoms with Crippen molar-refractivity contribution in [3.05, 3.63) is 36.5 Å². The van der Waals surface area contributed by atoms with E-state index in [2.05, 4.69) is 9.97 Å². The normalized spacial score (nSPS) is 10.0. The Morgan fingerprint density at radius 2 is 2.21 bits per heavy atom. The zero-order chi connectivity index (χ0) is 9.97. The molecule has 0 aliphatic rings. The van der Waals surface area contributed by atoms with E-state index < -0.39 is 5.97 Å². The Hall–Kier alpha value is -2.17. The van der Waals surface area contributed by atoms with Crippen molar-refractivity contribution in [1.29, 1.82) is 0 Å². The van der Waals surface area contributed by atoms with Gasteiger partial charge in [0.2, 0.25) is 0 Å². The second kappa shape index (κ2) is 3.29. The van der Waals surface area contributed by atoms with Gasteiger partial charge in [0.1, 0.15) is 5.69 Å². The smallest absolute Gasteiger partial charge is 0.358 e. The van der Waals surface area contributed by atoms with E-state index in [-0.39, 0.29) is 11.5 Å². The van der Waals surface area contributed by atoms with Gasteiger partial charge in [-0.2, -0.15) is 0 Å². The third-order valence-electron chi connectivity index (χ3n) is 1.67. The van der Waals surface area contributed by atoms with Gasteiger partial charge in [-0.3, -0.25) is 4.98 Å². The molecule has 2 heterocycles. The molecule has 1 N–H and O–H groups in total. The summed E-state index contributed by atoms with van der Waals surface area (Å²) in [6.45, 7) is 0. The topological polar surface area (TPSA) is 76.2 Å². The molecule has 0 unspecified atom stereocenters. The molecule has 0 aromatic carbocycles. The molecule has 70 valence electrons. The highest BCUT2D eigenvalue weighted by atomic mass is 16.4. The Morgan fingerprint density at radius 3 is 2.86 bits per heavy atom. The number of nitrogens with zero attached hydrogens (tertiary/aromatic N) is 2. The molecule has 0 aliphatic heterocycles. The Morgan fingerprint density at radius 1 is 1.36 bits per heavy atom. The van der Waals surface area contributed by atoms with Gasteiger partial charge in [0.15, 0.2) is 17.8 Å². The van der Waals surface area contributed by atoms with Gasteiger partial charge < -0.3 is 9.52 Å². The summed E-state index contributed by atoms with van der Waals surface area (Å²) in [5, 5.41) is 8.77. The molecule has 5 nitrogen and oxygen atoms in total. The maximum Gasteiger partial charge on any atom is 0.358 e. The summed E-state index contributed by atoms with van der Waals surface area (Å²) in [4.78, 5) is 18.3. The van der Waals surface area contributed by atoms with Crippen LogP contribution in [0, 0.1) is 0 Å². The van der Waals surface area contributed by atoms with Gasteiger partial charge in [0, 0.05) is 6.20 Å². The lowest BCUT2D eigenvalue weighted by Gasteiger charge is -1.94. The highest BCUT2D eigenvalue weighted by Gasteiger charge is 2.17. The number of aromatic carboxylic acids is 1. The number of hydrogen-bond donors (Lipinski definition) is 1. The Kier molecular flexibility index (Phi) is 1.98. The van der Waals surface area contributed by atoms with Crippen molar-refractivity contribution in [3.63, 3.8) is 0 Å². The largest absolute Gasteiger partial charge is 0.476 e. The predicted octanol–water partition coefficient (Wildman–Crippen LogP) is 1.43. The molecule has 0 bridgehead atoms. The van der Waals surface area contributed by atoms with E-state index in [9.17, 15) is 4.79 Å². The van der Waals surface area contributed by atoms with Gasteiger partial charge >= 0.3 is 5.97 Å². The van der Waals surface area contributed by atoms with Crippen LogP contribution in [0.15, 0.2) is 35.2 Å². The van der Waals surface area contributed by atoms with Gasteiger partial charge in [-0.25, -0.2) is 9.78 Å². The van der Waals surface area contributed by atoms with Crippen molar-refractivity contribution >= 4 is 5.97 Å². The fourth-order valence-corrected chi connectivity index (χ4v) is 1.08. The molecule has 0 atom stereocenters.